The molecule has 2 amide bonds. The van der Waals surface area contributed by atoms with Crippen molar-refractivity contribution >= 4 is 33.4 Å². The molecule has 6 nitrogen and oxygen atoms in total. The lowest BCUT2D eigenvalue weighted by molar-refractivity contribution is -0.139. The van der Waals surface area contributed by atoms with Crippen LogP contribution in [0.2, 0.25) is 0 Å². The second-order valence-corrected chi connectivity index (χ2v) is 7.52. The quantitative estimate of drug-likeness (QED) is 0.708. The Bertz CT molecular complexity index is 722. The number of carboxylic acid groups (broad SMARTS) is 1. The molecule has 1 aliphatic carbocycles. The largest absolute Gasteiger partial charge is 0.480 e. The highest BCUT2D eigenvalue weighted by atomic mass is 32.1. The summed E-state index contributed by atoms with van der Waals surface area (Å²) in [6.45, 7) is 3.25. The van der Waals surface area contributed by atoms with Crippen LogP contribution in [0.25, 0.3) is 10.1 Å². The molecule has 1 aromatic heterocycles. The minimum atomic E-state index is -0.806. The number of nitrogens with one attached hydrogen (secondary N) is 2. The monoisotopic (exact) mass is 361 g/mol. The van der Waals surface area contributed by atoms with Crippen LogP contribution in [0.1, 0.15) is 24.6 Å². The second-order valence-electron chi connectivity index (χ2n) is 6.36. The molecule has 134 valence electrons. The number of aliphatic carboxylic acids is 1. The average molecular weight is 361 g/mol. The Morgan fingerprint density at radius 1 is 1.32 bits per heavy atom. The molecule has 3 N–H and O–H groups in total. The number of carboxylic acids is 1. The van der Waals surface area contributed by atoms with Crippen LogP contribution in [-0.4, -0.2) is 47.2 Å². The molecule has 0 spiro atoms. The van der Waals surface area contributed by atoms with Crippen molar-refractivity contribution in [3.05, 3.63) is 35.2 Å². The van der Waals surface area contributed by atoms with E-state index in [4.69, 9.17) is 5.11 Å². The number of nitrogens with zero attached hydrogens (tertiary/aromatic N) is 1. The summed E-state index contributed by atoms with van der Waals surface area (Å²) in [5, 5.41) is 16.0. The molecular weight excluding hydrogens is 338 g/mol. The summed E-state index contributed by atoms with van der Waals surface area (Å²) >= 11 is 1.69. The van der Waals surface area contributed by atoms with Crippen LogP contribution in [0, 0.1) is 0 Å². The van der Waals surface area contributed by atoms with Crippen molar-refractivity contribution in [2.75, 3.05) is 13.1 Å². The molecule has 0 atom stereocenters. The van der Waals surface area contributed by atoms with E-state index in [1.165, 1.54) is 10.1 Å². The summed E-state index contributed by atoms with van der Waals surface area (Å²) in [7, 11) is 0. The molecule has 0 unspecified atom stereocenters. The number of benzene rings is 1. The molecule has 1 fully saturated rings. The molecule has 0 aliphatic heterocycles. The number of rotatable bonds is 7. The van der Waals surface area contributed by atoms with Crippen LogP contribution in [0.15, 0.2) is 30.3 Å². The highest BCUT2D eigenvalue weighted by Gasteiger charge is 2.34. The summed E-state index contributed by atoms with van der Waals surface area (Å²) in [6, 6.07) is 10.5. The lowest BCUT2D eigenvalue weighted by Crippen LogP contribution is -2.56. The Kier molecular flexibility index (Phi) is 5.55. The number of hydrogen-bond acceptors (Lipinski definition) is 4. The summed E-state index contributed by atoms with van der Waals surface area (Å²) in [5.74, 6) is -0.806. The number of carbonyl (C=O) groups excluding carboxylic acids is 1. The Balaban J connectivity index is 1.41. The van der Waals surface area contributed by atoms with E-state index in [2.05, 4.69) is 28.8 Å². The second kappa shape index (κ2) is 7.84. The third-order valence-electron chi connectivity index (χ3n) is 4.61. The maximum Gasteiger partial charge on any atom is 0.317 e. The van der Waals surface area contributed by atoms with Gasteiger partial charge in [0.05, 0.1) is 13.1 Å². The Labute approximate surface area is 150 Å². The molecule has 3 rings (SSSR count). The zero-order chi connectivity index (χ0) is 17.8. The van der Waals surface area contributed by atoms with Gasteiger partial charge in [-0.2, -0.15) is 0 Å². The highest BCUT2D eigenvalue weighted by Crippen LogP contribution is 2.26. The molecule has 0 saturated heterocycles. The number of likely N-dealkylation sites (N-methyl/N-ethyl adjacent to an activating group) is 1. The van der Waals surface area contributed by atoms with Gasteiger partial charge in [0, 0.05) is 21.7 Å². The third-order valence-corrected chi connectivity index (χ3v) is 5.73. The Morgan fingerprint density at radius 3 is 2.76 bits per heavy atom. The van der Waals surface area contributed by atoms with Gasteiger partial charge in [0.15, 0.2) is 0 Å². The summed E-state index contributed by atoms with van der Waals surface area (Å²) in [5.41, 5.74) is 0. The van der Waals surface area contributed by atoms with Crippen molar-refractivity contribution in [2.24, 2.45) is 0 Å². The van der Waals surface area contributed by atoms with Gasteiger partial charge in [-0.1, -0.05) is 25.1 Å². The minimum absolute atomic E-state index is 0.0615. The van der Waals surface area contributed by atoms with Crippen LogP contribution < -0.4 is 10.6 Å². The number of carbonyl (C=O) groups is 2. The highest BCUT2D eigenvalue weighted by molar-refractivity contribution is 7.19. The van der Waals surface area contributed by atoms with Crippen LogP contribution in [0.4, 0.5) is 4.79 Å². The molecule has 25 heavy (non-hydrogen) atoms. The van der Waals surface area contributed by atoms with Crippen molar-refractivity contribution < 1.29 is 14.7 Å². The van der Waals surface area contributed by atoms with Crippen LogP contribution in [-0.2, 0) is 11.3 Å². The molecule has 1 aromatic carbocycles. The fourth-order valence-corrected chi connectivity index (χ4v) is 4.21. The van der Waals surface area contributed by atoms with E-state index in [0.717, 1.165) is 17.7 Å². The van der Waals surface area contributed by atoms with Gasteiger partial charge in [-0.3, -0.25) is 9.69 Å². The lowest BCUT2D eigenvalue weighted by atomic mass is 9.85. The summed E-state index contributed by atoms with van der Waals surface area (Å²) in [4.78, 5) is 25.9. The maximum atomic E-state index is 12.0. The smallest absolute Gasteiger partial charge is 0.317 e. The van der Waals surface area contributed by atoms with E-state index < -0.39 is 5.97 Å². The maximum absolute atomic E-state index is 12.0. The average Bonchev–Trinajstić information content (AvgIpc) is 2.96. The molecule has 2 aromatic rings. The van der Waals surface area contributed by atoms with Gasteiger partial charge in [-0.15, -0.1) is 11.3 Å². The zero-order valence-electron chi connectivity index (χ0n) is 14.2. The topological polar surface area (TPSA) is 81.7 Å². The van der Waals surface area contributed by atoms with Crippen LogP contribution in [0.3, 0.4) is 0 Å². The molecule has 1 heterocycles. The predicted molar refractivity (Wildman–Crippen MR) is 98.9 cm³/mol. The van der Waals surface area contributed by atoms with E-state index in [-0.39, 0.29) is 24.7 Å². The molecule has 1 aliphatic rings. The van der Waals surface area contributed by atoms with Gasteiger partial charge in [-0.05, 0) is 36.9 Å². The molecule has 0 radical (unpaired) electrons. The number of thiophene rings is 1. The molecule has 7 heteroatoms. The number of fused-ring (bicyclic) bond motifs is 1. The van der Waals surface area contributed by atoms with E-state index in [1.807, 2.05) is 24.0 Å². The first-order valence-corrected chi connectivity index (χ1v) is 9.34. The lowest BCUT2D eigenvalue weighted by Gasteiger charge is -2.42. The van der Waals surface area contributed by atoms with Gasteiger partial charge in [-0.25, -0.2) is 4.79 Å². The van der Waals surface area contributed by atoms with Crippen LogP contribution in [0.5, 0.6) is 0 Å². The van der Waals surface area contributed by atoms with Gasteiger partial charge < -0.3 is 15.7 Å². The van der Waals surface area contributed by atoms with Crippen molar-refractivity contribution in [3.63, 3.8) is 0 Å². The molecule has 1 saturated carbocycles. The number of hydrogen-bond donors (Lipinski definition) is 3. The van der Waals surface area contributed by atoms with E-state index in [9.17, 15) is 9.59 Å². The van der Waals surface area contributed by atoms with Crippen molar-refractivity contribution in [1.82, 2.24) is 15.5 Å². The zero-order valence-corrected chi connectivity index (χ0v) is 15.0. The fraction of sp³-hybridized carbons (Fsp3) is 0.444. The Morgan fingerprint density at radius 2 is 2.08 bits per heavy atom. The Hall–Kier alpha value is -2.12. The van der Waals surface area contributed by atoms with E-state index in [1.54, 1.807) is 11.3 Å². The standard InChI is InChI=1S/C18H23N3O3S/c1-2-21(11-17(22)23)14-8-13(9-14)20-18(24)19-10-15-7-12-5-3-4-6-16(12)25-15/h3-7,13-14H,2,8-11H2,1H3,(H,22,23)(H2,19,20,24). The predicted octanol–water partition coefficient (Wildman–Crippen LogP) is 2.64. The first-order valence-electron chi connectivity index (χ1n) is 8.52. The number of amides is 2. The van der Waals surface area contributed by atoms with Gasteiger partial charge in [0.1, 0.15) is 0 Å². The van der Waals surface area contributed by atoms with Gasteiger partial charge in [0.25, 0.3) is 0 Å². The summed E-state index contributed by atoms with van der Waals surface area (Å²) in [6.07, 6.45) is 1.61. The van der Waals surface area contributed by atoms with Crippen molar-refractivity contribution in [3.8, 4) is 0 Å². The normalized spacial score (nSPS) is 19.6. The first-order chi connectivity index (χ1) is 12.0. The van der Waals surface area contributed by atoms with Crippen molar-refractivity contribution in [2.45, 2.75) is 38.4 Å². The molecule has 0 bridgehead atoms. The fourth-order valence-electron chi connectivity index (χ4n) is 3.20. The number of urea groups is 1. The van der Waals surface area contributed by atoms with Gasteiger partial charge >= 0.3 is 12.0 Å². The minimum Gasteiger partial charge on any atom is -0.480 e. The van der Waals surface area contributed by atoms with E-state index >= 15 is 0 Å². The third kappa shape index (κ3) is 4.49. The first kappa shape index (κ1) is 17.7. The van der Waals surface area contributed by atoms with Gasteiger partial charge in [0.2, 0.25) is 0 Å². The summed E-state index contributed by atoms with van der Waals surface area (Å²) < 4.78 is 1.22. The van der Waals surface area contributed by atoms with E-state index in [0.29, 0.717) is 13.1 Å². The SMILES string of the molecule is CCN(CC(=O)O)C1CC(NC(=O)NCc2cc3ccccc3s2)C1. The molecular formula is C18H23N3O3S. The van der Waals surface area contributed by atoms with Crippen molar-refractivity contribution in [1.29, 1.82) is 0 Å². The van der Waals surface area contributed by atoms with Crippen LogP contribution >= 0.6 is 11.3 Å².